The Labute approximate surface area is 74.1 Å². The highest BCUT2D eigenvalue weighted by atomic mass is 16.5. The number of hydrogen-bond donors (Lipinski definition) is 1. The summed E-state index contributed by atoms with van der Waals surface area (Å²) in [5, 5.41) is 13.4. The highest BCUT2D eigenvalue weighted by Gasteiger charge is 2.11. The molecule has 1 fully saturated rings. The Hall–Kier alpha value is -0.120. The van der Waals surface area contributed by atoms with E-state index in [1.54, 1.807) is 0 Å². The molecule has 1 radical (unpaired) electrons. The van der Waals surface area contributed by atoms with Crippen molar-refractivity contribution in [1.82, 2.24) is 5.32 Å². The van der Waals surface area contributed by atoms with Crippen molar-refractivity contribution < 1.29 is 9.84 Å². The van der Waals surface area contributed by atoms with Crippen molar-refractivity contribution >= 4 is 0 Å². The van der Waals surface area contributed by atoms with Gasteiger partial charge < -0.3 is 10.1 Å². The van der Waals surface area contributed by atoms with Crippen LogP contribution < -0.4 is 5.32 Å². The third-order valence-corrected chi connectivity index (χ3v) is 2.17. The van der Waals surface area contributed by atoms with Gasteiger partial charge in [-0.1, -0.05) is 12.8 Å². The summed E-state index contributed by atoms with van der Waals surface area (Å²) in [5.74, 6) is 0. The van der Waals surface area contributed by atoms with Gasteiger partial charge in [0.15, 0.2) is 0 Å². The smallest absolute Gasteiger partial charge is 0.0822 e. The van der Waals surface area contributed by atoms with E-state index in [4.69, 9.17) is 4.74 Å². The van der Waals surface area contributed by atoms with Gasteiger partial charge in [-0.15, -0.1) is 0 Å². The molecular formula is C9H18NO2. The van der Waals surface area contributed by atoms with Crippen molar-refractivity contribution in [3.05, 3.63) is 0 Å². The molecule has 12 heavy (non-hydrogen) atoms. The third-order valence-electron chi connectivity index (χ3n) is 2.17. The van der Waals surface area contributed by atoms with Crippen molar-refractivity contribution in [2.75, 3.05) is 26.3 Å². The van der Waals surface area contributed by atoms with Crippen molar-refractivity contribution in [2.24, 2.45) is 0 Å². The predicted octanol–water partition coefficient (Wildman–Crippen LogP) is 0.966. The van der Waals surface area contributed by atoms with Crippen molar-refractivity contribution in [1.29, 1.82) is 0 Å². The summed E-state index contributed by atoms with van der Waals surface area (Å²) in [7, 11) is 0. The number of ether oxygens (including phenoxy) is 1. The average molecular weight is 172 g/mol. The molecule has 0 bridgehead atoms. The minimum absolute atomic E-state index is 0.0732. The number of rotatable bonds is 5. The SMILES string of the molecule is [O]CCCCCC1CNCCO1. The quantitative estimate of drug-likeness (QED) is 0.628. The van der Waals surface area contributed by atoms with Crippen LogP contribution in [0.5, 0.6) is 0 Å². The van der Waals surface area contributed by atoms with E-state index in [0.717, 1.165) is 45.4 Å². The van der Waals surface area contributed by atoms with Gasteiger partial charge in [-0.25, -0.2) is 5.11 Å². The summed E-state index contributed by atoms with van der Waals surface area (Å²) in [6, 6.07) is 0. The average Bonchev–Trinajstić information content (AvgIpc) is 2.14. The second-order valence-electron chi connectivity index (χ2n) is 3.25. The second-order valence-corrected chi connectivity index (χ2v) is 3.25. The normalized spacial score (nSPS) is 24.2. The molecule has 3 heteroatoms. The predicted molar refractivity (Wildman–Crippen MR) is 46.6 cm³/mol. The Morgan fingerprint density at radius 1 is 1.33 bits per heavy atom. The molecule has 1 rings (SSSR count). The number of morpholine rings is 1. The van der Waals surface area contributed by atoms with Crippen LogP contribution >= 0.6 is 0 Å². The van der Waals surface area contributed by atoms with Crippen LogP contribution in [-0.4, -0.2) is 32.4 Å². The molecular weight excluding hydrogens is 154 g/mol. The molecule has 1 aliphatic heterocycles. The zero-order valence-electron chi connectivity index (χ0n) is 7.55. The second kappa shape index (κ2) is 6.40. The van der Waals surface area contributed by atoms with Crippen LogP contribution in [0.25, 0.3) is 0 Å². The van der Waals surface area contributed by atoms with Gasteiger partial charge in [-0.3, -0.25) is 0 Å². The Morgan fingerprint density at radius 2 is 2.25 bits per heavy atom. The van der Waals surface area contributed by atoms with Crippen LogP contribution in [0.2, 0.25) is 0 Å². The summed E-state index contributed by atoms with van der Waals surface area (Å²) in [5.41, 5.74) is 0. The topological polar surface area (TPSA) is 41.2 Å². The molecule has 1 saturated heterocycles. The van der Waals surface area contributed by atoms with E-state index in [-0.39, 0.29) is 6.61 Å². The summed E-state index contributed by atoms with van der Waals surface area (Å²) < 4.78 is 5.52. The molecule has 0 aromatic carbocycles. The van der Waals surface area contributed by atoms with E-state index in [9.17, 15) is 5.11 Å². The standard InChI is InChI=1S/C9H18NO2/c11-6-3-1-2-4-9-8-10-5-7-12-9/h9-10H,1-8H2. The molecule has 0 aromatic rings. The van der Waals surface area contributed by atoms with E-state index < -0.39 is 0 Å². The molecule has 1 atom stereocenters. The maximum Gasteiger partial charge on any atom is 0.0822 e. The van der Waals surface area contributed by atoms with Crippen LogP contribution in [0.15, 0.2) is 0 Å². The van der Waals surface area contributed by atoms with Crippen molar-refractivity contribution in [2.45, 2.75) is 31.8 Å². The third kappa shape index (κ3) is 4.04. The molecule has 1 unspecified atom stereocenters. The van der Waals surface area contributed by atoms with Gasteiger partial charge >= 0.3 is 0 Å². The van der Waals surface area contributed by atoms with Crippen LogP contribution in [0.4, 0.5) is 0 Å². The highest BCUT2D eigenvalue weighted by molar-refractivity contribution is 4.66. The van der Waals surface area contributed by atoms with Crippen LogP contribution in [0.3, 0.4) is 0 Å². The maximum absolute atomic E-state index is 10.1. The van der Waals surface area contributed by atoms with Gasteiger partial charge in [0.1, 0.15) is 0 Å². The van der Waals surface area contributed by atoms with Gasteiger partial charge in [-0.05, 0) is 12.8 Å². The van der Waals surface area contributed by atoms with E-state index in [2.05, 4.69) is 5.32 Å². The Bertz CT molecular complexity index is 103. The molecule has 0 amide bonds. The van der Waals surface area contributed by atoms with E-state index >= 15 is 0 Å². The van der Waals surface area contributed by atoms with Crippen LogP contribution in [0.1, 0.15) is 25.7 Å². The van der Waals surface area contributed by atoms with Gasteiger partial charge in [0.25, 0.3) is 0 Å². The zero-order chi connectivity index (χ0) is 8.65. The molecule has 1 aliphatic rings. The minimum Gasteiger partial charge on any atom is -0.376 e. The Kier molecular flexibility index (Phi) is 5.32. The minimum atomic E-state index is 0.0732. The lowest BCUT2D eigenvalue weighted by Gasteiger charge is -2.23. The molecule has 71 valence electrons. The monoisotopic (exact) mass is 172 g/mol. The Morgan fingerprint density at radius 3 is 2.92 bits per heavy atom. The fourth-order valence-electron chi connectivity index (χ4n) is 1.46. The molecule has 0 aliphatic carbocycles. The van der Waals surface area contributed by atoms with Gasteiger partial charge in [0.05, 0.1) is 19.3 Å². The van der Waals surface area contributed by atoms with Gasteiger partial charge in [0.2, 0.25) is 0 Å². The first-order valence-electron chi connectivity index (χ1n) is 4.84. The summed E-state index contributed by atoms with van der Waals surface area (Å²) >= 11 is 0. The van der Waals surface area contributed by atoms with E-state index in [1.807, 2.05) is 0 Å². The van der Waals surface area contributed by atoms with Crippen molar-refractivity contribution in [3.63, 3.8) is 0 Å². The lowest BCUT2D eigenvalue weighted by atomic mass is 10.1. The molecule has 0 saturated carbocycles. The fourth-order valence-corrected chi connectivity index (χ4v) is 1.46. The number of unbranched alkanes of at least 4 members (excludes halogenated alkanes) is 2. The first kappa shape index (κ1) is 9.96. The van der Waals surface area contributed by atoms with Gasteiger partial charge in [-0.2, -0.15) is 0 Å². The summed E-state index contributed by atoms with van der Waals surface area (Å²) in [4.78, 5) is 0. The van der Waals surface area contributed by atoms with Crippen molar-refractivity contribution in [3.8, 4) is 0 Å². The number of hydrogen-bond acceptors (Lipinski definition) is 2. The maximum atomic E-state index is 10.1. The number of nitrogens with one attached hydrogen (secondary N) is 1. The first-order chi connectivity index (χ1) is 5.93. The fraction of sp³-hybridized carbons (Fsp3) is 1.00. The van der Waals surface area contributed by atoms with Crippen LogP contribution in [-0.2, 0) is 9.84 Å². The van der Waals surface area contributed by atoms with E-state index in [1.165, 1.54) is 0 Å². The molecule has 3 nitrogen and oxygen atoms in total. The zero-order valence-corrected chi connectivity index (χ0v) is 7.55. The summed E-state index contributed by atoms with van der Waals surface area (Å²) in [6.45, 7) is 2.88. The lowest BCUT2D eigenvalue weighted by Crippen LogP contribution is -2.38. The molecule has 0 aromatic heterocycles. The molecule has 1 N–H and O–H groups in total. The highest BCUT2D eigenvalue weighted by Crippen LogP contribution is 2.07. The lowest BCUT2D eigenvalue weighted by molar-refractivity contribution is 0.0217. The van der Waals surface area contributed by atoms with Gasteiger partial charge in [0, 0.05) is 13.1 Å². The first-order valence-corrected chi connectivity index (χ1v) is 4.84. The van der Waals surface area contributed by atoms with E-state index in [0.29, 0.717) is 6.10 Å². The molecule has 1 heterocycles. The Balaban J connectivity index is 1.91. The summed E-state index contributed by atoms with van der Waals surface area (Å²) in [6.07, 6.45) is 4.51. The largest absolute Gasteiger partial charge is 0.376 e. The van der Waals surface area contributed by atoms with Crippen LogP contribution in [0, 0.1) is 0 Å². The molecule has 0 spiro atoms.